The van der Waals surface area contributed by atoms with Crippen molar-refractivity contribution in [2.24, 2.45) is 5.92 Å². The van der Waals surface area contributed by atoms with E-state index in [9.17, 15) is 9.18 Å². The number of nitrogens with one attached hydrogen (secondary N) is 1. The Balaban J connectivity index is 1.97. The Morgan fingerprint density at radius 1 is 1.32 bits per heavy atom. The largest absolute Gasteiger partial charge is 0.349 e. The summed E-state index contributed by atoms with van der Waals surface area (Å²) in [5, 5.41) is 3.05. The fourth-order valence-corrected chi connectivity index (χ4v) is 2.83. The Hall–Kier alpha value is -1.38. The van der Waals surface area contributed by atoms with Crippen molar-refractivity contribution < 1.29 is 9.18 Å². The van der Waals surface area contributed by atoms with Crippen LogP contribution < -0.4 is 5.32 Å². The fourth-order valence-electron chi connectivity index (χ4n) is 2.83. The van der Waals surface area contributed by atoms with Gasteiger partial charge in [0.2, 0.25) is 0 Å². The Morgan fingerprint density at radius 2 is 2.00 bits per heavy atom. The molecule has 0 heterocycles. The molecule has 2 nitrogen and oxygen atoms in total. The van der Waals surface area contributed by atoms with E-state index in [4.69, 9.17) is 0 Å². The summed E-state index contributed by atoms with van der Waals surface area (Å²) in [6.45, 7) is 3.75. The highest BCUT2D eigenvalue weighted by atomic mass is 19.1. The van der Waals surface area contributed by atoms with E-state index in [1.807, 2.05) is 0 Å². The molecule has 3 heteroatoms. The van der Waals surface area contributed by atoms with E-state index in [1.165, 1.54) is 38.2 Å². The third kappa shape index (κ3) is 3.55. The first-order chi connectivity index (χ1) is 9.08. The molecule has 1 aliphatic rings. The molecule has 1 amide bonds. The van der Waals surface area contributed by atoms with Crippen LogP contribution >= 0.6 is 0 Å². The molecule has 1 atom stereocenters. The van der Waals surface area contributed by atoms with Crippen molar-refractivity contribution in [3.63, 3.8) is 0 Å². The highest BCUT2D eigenvalue weighted by Gasteiger charge is 2.21. The third-order valence-corrected chi connectivity index (χ3v) is 4.14. The number of hydrogen-bond acceptors (Lipinski definition) is 1. The van der Waals surface area contributed by atoms with E-state index in [0.29, 0.717) is 17.0 Å². The maximum absolute atomic E-state index is 13.2. The number of hydrogen-bond donors (Lipinski definition) is 1. The summed E-state index contributed by atoms with van der Waals surface area (Å²) in [7, 11) is 0. The van der Waals surface area contributed by atoms with Crippen LogP contribution in [0.3, 0.4) is 0 Å². The lowest BCUT2D eigenvalue weighted by molar-refractivity contribution is 0.0919. The smallest absolute Gasteiger partial charge is 0.251 e. The lowest BCUT2D eigenvalue weighted by Gasteiger charge is -2.28. The number of amides is 1. The lowest BCUT2D eigenvalue weighted by Crippen LogP contribution is -2.38. The van der Waals surface area contributed by atoms with Crippen LogP contribution in [0, 0.1) is 18.7 Å². The molecule has 0 radical (unpaired) electrons. The number of rotatable bonds is 3. The zero-order chi connectivity index (χ0) is 13.8. The van der Waals surface area contributed by atoms with Crippen molar-refractivity contribution in [2.75, 3.05) is 0 Å². The minimum absolute atomic E-state index is 0.0961. The Bertz CT molecular complexity index is 452. The van der Waals surface area contributed by atoms with Gasteiger partial charge in [0.1, 0.15) is 5.82 Å². The minimum atomic E-state index is -0.267. The molecular formula is C16H22FNO. The summed E-state index contributed by atoms with van der Waals surface area (Å²) in [5.74, 6) is 0.220. The number of carbonyl (C=O) groups excluding carboxylic acids is 1. The van der Waals surface area contributed by atoms with Crippen LogP contribution in [0.25, 0.3) is 0 Å². The molecule has 0 bridgehead atoms. The summed E-state index contributed by atoms with van der Waals surface area (Å²) < 4.78 is 13.2. The second-order valence-electron chi connectivity index (χ2n) is 5.62. The van der Waals surface area contributed by atoms with Gasteiger partial charge < -0.3 is 5.32 Å². The number of aryl methyl sites for hydroxylation is 1. The number of carbonyl (C=O) groups is 1. The average molecular weight is 263 g/mol. The Labute approximate surface area is 114 Å². The molecule has 1 unspecified atom stereocenters. The highest BCUT2D eigenvalue weighted by molar-refractivity contribution is 5.94. The SMILES string of the molecule is Cc1cc(C(=O)NC(C)C2CCCCC2)ccc1F. The van der Waals surface area contributed by atoms with Crippen LogP contribution in [0.5, 0.6) is 0 Å². The molecule has 1 N–H and O–H groups in total. The van der Waals surface area contributed by atoms with Crippen LogP contribution in [0.1, 0.15) is 54.9 Å². The summed E-state index contributed by atoms with van der Waals surface area (Å²) in [5.41, 5.74) is 1.06. The maximum Gasteiger partial charge on any atom is 0.251 e. The van der Waals surface area contributed by atoms with Crippen LogP contribution in [-0.4, -0.2) is 11.9 Å². The van der Waals surface area contributed by atoms with E-state index < -0.39 is 0 Å². The van der Waals surface area contributed by atoms with Gasteiger partial charge in [-0.25, -0.2) is 4.39 Å². The maximum atomic E-state index is 13.2. The van der Waals surface area contributed by atoms with Crippen molar-refractivity contribution in [3.8, 4) is 0 Å². The van der Waals surface area contributed by atoms with Gasteiger partial charge in [-0.3, -0.25) is 4.79 Å². The quantitative estimate of drug-likeness (QED) is 0.882. The van der Waals surface area contributed by atoms with Crippen molar-refractivity contribution in [2.45, 2.75) is 52.0 Å². The molecular weight excluding hydrogens is 241 g/mol. The summed E-state index contributed by atoms with van der Waals surface area (Å²) in [6.07, 6.45) is 6.24. The molecule has 19 heavy (non-hydrogen) atoms. The molecule has 0 saturated heterocycles. The van der Waals surface area contributed by atoms with Crippen molar-refractivity contribution in [1.82, 2.24) is 5.32 Å². The van der Waals surface area contributed by atoms with Gasteiger partial charge in [-0.2, -0.15) is 0 Å². The predicted octanol–water partition coefficient (Wildman–Crippen LogP) is 3.83. The summed E-state index contributed by atoms with van der Waals surface area (Å²) >= 11 is 0. The zero-order valence-electron chi connectivity index (χ0n) is 11.7. The molecule has 0 aliphatic heterocycles. The van der Waals surface area contributed by atoms with Crippen LogP contribution in [-0.2, 0) is 0 Å². The van der Waals surface area contributed by atoms with E-state index in [0.717, 1.165) is 0 Å². The van der Waals surface area contributed by atoms with Crippen molar-refractivity contribution >= 4 is 5.91 Å². The average Bonchev–Trinajstić information content (AvgIpc) is 2.42. The van der Waals surface area contributed by atoms with Crippen LogP contribution in [0.4, 0.5) is 4.39 Å². The molecule has 1 aliphatic carbocycles. The van der Waals surface area contributed by atoms with E-state index in [1.54, 1.807) is 19.1 Å². The van der Waals surface area contributed by atoms with Gasteiger partial charge in [-0.05, 0) is 56.4 Å². The predicted molar refractivity (Wildman–Crippen MR) is 74.6 cm³/mol. The first-order valence-electron chi connectivity index (χ1n) is 7.15. The van der Waals surface area contributed by atoms with Crippen LogP contribution in [0.15, 0.2) is 18.2 Å². The Kier molecular flexibility index (Phi) is 4.56. The van der Waals surface area contributed by atoms with Crippen molar-refractivity contribution in [1.29, 1.82) is 0 Å². The van der Waals surface area contributed by atoms with Crippen molar-refractivity contribution in [3.05, 3.63) is 35.1 Å². The third-order valence-electron chi connectivity index (χ3n) is 4.14. The van der Waals surface area contributed by atoms with E-state index >= 15 is 0 Å². The van der Waals surface area contributed by atoms with Gasteiger partial charge in [0, 0.05) is 11.6 Å². The number of benzene rings is 1. The molecule has 104 valence electrons. The normalized spacial score (nSPS) is 18.1. The summed E-state index contributed by atoms with van der Waals surface area (Å²) in [4.78, 5) is 12.1. The second-order valence-corrected chi connectivity index (χ2v) is 5.62. The number of halogens is 1. The minimum Gasteiger partial charge on any atom is -0.349 e. The molecule has 1 fully saturated rings. The molecule has 0 aromatic heterocycles. The lowest BCUT2D eigenvalue weighted by atomic mass is 9.84. The molecule has 0 spiro atoms. The standard InChI is InChI=1S/C16H22FNO/c1-11-10-14(8-9-15(11)17)16(19)18-12(2)13-6-4-3-5-7-13/h8-10,12-13H,3-7H2,1-2H3,(H,18,19). The van der Waals surface area contributed by atoms with E-state index in [-0.39, 0.29) is 17.8 Å². The molecule has 1 aromatic rings. The van der Waals surface area contributed by atoms with Gasteiger partial charge in [-0.15, -0.1) is 0 Å². The molecule has 1 saturated carbocycles. The fraction of sp³-hybridized carbons (Fsp3) is 0.562. The Morgan fingerprint density at radius 3 is 2.63 bits per heavy atom. The summed E-state index contributed by atoms with van der Waals surface area (Å²) in [6, 6.07) is 4.71. The monoisotopic (exact) mass is 263 g/mol. The van der Waals surface area contributed by atoms with Gasteiger partial charge in [0.25, 0.3) is 5.91 Å². The molecule has 2 rings (SSSR count). The van der Waals surface area contributed by atoms with Gasteiger partial charge in [-0.1, -0.05) is 19.3 Å². The second kappa shape index (κ2) is 6.18. The van der Waals surface area contributed by atoms with Crippen LogP contribution in [0.2, 0.25) is 0 Å². The topological polar surface area (TPSA) is 29.1 Å². The first-order valence-corrected chi connectivity index (χ1v) is 7.15. The van der Waals surface area contributed by atoms with Gasteiger partial charge in [0.15, 0.2) is 0 Å². The highest BCUT2D eigenvalue weighted by Crippen LogP contribution is 2.26. The molecule has 1 aromatic carbocycles. The zero-order valence-corrected chi connectivity index (χ0v) is 11.7. The van der Waals surface area contributed by atoms with Gasteiger partial charge in [0.05, 0.1) is 0 Å². The van der Waals surface area contributed by atoms with Gasteiger partial charge >= 0.3 is 0 Å². The van der Waals surface area contributed by atoms with E-state index in [2.05, 4.69) is 12.2 Å². The first kappa shape index (κ1) is 14.0.